The number of nitrogens with one attached hydrogen (secondary N) is 1. The van der Waals surface area contributed by atoms with Crippen molar-refractivity contribution >= 4 is 21.7 Å². The van der Waals surface area contributed by atoms with Gasteiger partial charge in [-0.2, -0.15) is 4.80 Å². The van der Waals surface area contributed by atoms with Gasteiger partial charge in [0.1, 0.15) is 12.4 Å². The average molecular weight is 449 g/mol. The second-order valence-electron chi connectivity index (χ2n) is 6.17. The lowest BCUT2D eigenvalue weighted by molar-refractivity contribution is 0.103. The van der Waals surface area contributed by atoms with Gasteiger partial charge in [0.05, 0.1) is 23.3 Å². The minimum Gasteiger partial charge on any atom is -0.491 e. The highest BCUT2D eigenvalue weighted by molar-refractivity contribution is 9.10. The topological polar surface area (TPSA) is 132 Å². The molecule has 0 spiro atoms. The van der Waals surface area contributed by atoms with Crippen molar-refractivity contribution in [3.63, 3.8) is 0 Å². The van der Waals surface area contributed by atoms with E-state index in [4.69, 9.17) is 15.6 Å². The van der Waals surface area contributed by atoms with Crippen molar-refractivity contribution < 1.29 is 14.6 Å². The van der Waals surface area contributed by atoms with Crippen LogP contribution in [0.1, 0.15) is 27.2 Å². The molecule has 3 aromatic rings. The van der Waals surface area contributed by atoms with Crippen molar-refractivity contribution in [2.45, 2.75) is 20.4 Å². The normalized spacial score (nSPS) is 11.0. The van der Waals surface area contributed by atoms with Crippen molar-refractivity contribution in [1.29, 1.82) is 0 Å². The van der Waals surface area contributed by atoms with Crippen molar-refractivity contribution in [2.24, 2.45) is 5.73 Å². The summed E-state index contributed by atoms with van der Waals surface area (Å²) in [4.78, 5) is 17.6. The predicted octanol–water partition coefficient (Wildman–Crippen LogP) is 1.61. The smallest absolute Gasteiger partial charge is 0.221 e. The number of tetrazole rings is 1. The van der Waals surface area contributed by atoms with Gasteiger partial charge in [0.25, 0.3) is 0 Å². The maximum atomic E-state index is 13.1. The zero-order chi connectivity index (χ0) is 20.3. The van der Waals surface area contributed by atoms with Crippen LogP contribution in [0.5, 0.6) is 5.75 Å². The number of carbonyl (C=O) groups excluding carboxylic acids is 1. The highest BCUT2D eigenvalue weighted by Gasteiger charge is 2.23. The van der Waals surface area contributed by atoms with Gasteiger partial charge < -0.3 is 20.6 Å². The van der Waals surface area contributed by atoms with Crippen molar-refractivity contribution in [1.82, 2.24) is 25.2 Å². The third-order valence-corrected chi connectivity index (χ3v) is 4.83. The number of aliphatic hydroxyl groups is 1. The van der Waals surface area contributed by atoms with Gasteiger partial charge in [-0.3, -0.25) is 4.79 Å². The number of aromatic amines is 1. The van der Waals surface area contributed by atoms with E-state index in [9.17, 15) is 4.79 Å². The Balaban J connectivity index is 1.92. The molecule has 0 saturated carbocycles. The molecule has 0 bridgehead atoms. The number of hydrogen-bond acceptors (Lipinski definition) is 7. The van der Waals surface area contributed by atoms with Crippen LogP contribution < -0.4 is 10.5 Å². The molecule has 148 valence electrons. The summed E-state index contributed by atoms with van der Waals surface area (Å²) in [5.41, 5.74) is 8.64. The Morgan fingerprint density at radius 1 is 1.39 bits per heavy atom. The number of hydrogen-bond donors (Lipinski definition) is 3. The lowest BCUT2D eigenvalue weighted by Gasteiger charge is -2.09. The number of aromatic nitrogens is 5. The molecule has 0 radical (unpaired) electrons. The average Bonchev–Trinajstić information content (AvgIpc) is 3.24. The van der Waals surface area contributed by atoms with Crippen LogP contribution in [0.3, 0.4) is 0 Å². The molecule has 28 heavy (non-hydrogen) atoms. The third-order valence-electron chi connectivity index (χ3n) is 4.21. The Hall–Kier alpha value is -2.56. The van der Waals surface area contributed by atoms with E-state index < -0.39 is 0 Å². The van der Waals surface area contributed by atoms with Crippen LogP contribution in [-0.4, -0.2) is 55.8 Å². The Kier molecular flexibility index (Phi) is 6.22. The van der Waals surface area contributed by atoms with Gasteiger partial charge >= 0.3 is 0 Å². The summed E-state index contributed by atoms with van der Waals surface area (Å²) in [5.74, 6) is 0.890. The Morgan fingerprint density at radius 3 is 2.86 bits per heavy atom. The number of ether oxygens (including phenoxy) is 1. The predicted molar refractivity (Wildman–Crippen MR) is 106 cm³/mol. The molecule has 0 saturated heterocycles. The minimum absolute atomic E-state index is 0.0812. The van der Waals surface area contributed by atoms with Gasteiger partial charge in [0.15, 0.2) is 5.78 Å². The number of nitrogens with two attached hydrogens (primary N) is 1. The molecule has 0 aliphatic rings. The first-order valence-electron chi connectivity index (χ1n) is 8.71. The Morgan fingerprint density at radius 2 is 2.18 bits per heavy atom. The van der Waals surface area contributed by atoms with E-state index in [1.165, 1.54) is 4.80 Å². The van der Waals surface area contributed by atoms with Crippen molar-refractivity contribution in [3.8, 4) is 17.3 Å². The molecular formula is C18H21BrN6O3. The number of rotatable bonds is 8. The highest BCUT2D eigenvalue weighted by Crippen LogP contribution is 2.30. The zero-order valence-corrected chi connectivity index (χ0v) is 17.2. The first-order chi connectivity index (χ1) is 13.5. The molecule has 1 aromatic carbocycles. The molecule has 2 heterocycles. The van der Waals surface area contributed by atoms with Gasteiger partial charge in [-0.15, -0.1) is 10.2 Å². The number of nitrogens with zero attached hydrogens (tertiary/aromatic N) is 4. The molecule has 0 fully saturated rings. The molecule has 9 nitrogen and oxygen atoms in total. The molecule has 0 atom stereocenters. The Labute approximate surface area is 170 Å². The van der Waals surface area contributed by atoms with Crippen LogP contribution >= 0.6 is 15.9 Å². The lowest BCUT2D eigenvalue weighted by atomic mass is 9.99. The monoisotopic (exact) mass is 448 g/mol. The highest BCUT2D eigenvalue weighted by atomic mass is 79.9. The van der Waals surface area contributed by atoms with E-state index in [2.05, 4.69) is 36.3 Å². The molecule has 4 N–H and O–H groups in total. The molecule has 0 aliphatic heterocycles. The number of halogens is 1. The number of ketones is 1. The van der Waals surface area contributed by atoms with Crippen LogP contribution in [-0.2, 0) is 6.54 Å². The fourth-order valence-corrected chi connectivity index (χ4v) is 3.41. The van der Waals surface area contributed by atoms with E-state index in [1.54, 1.807) is 18.2 Å². The lowest BCUT2D eigenvalue weighted by Crippen LogP contribution is -2.11. The molecule has 2 aromatic heterocycles. The van der Waals surface area contributed by atoms with E-state index in [0.29, 0.717) is 46.0 Å². The molecule has 10 heteroatoms. The van der Waals surface area contributed by atoms with Gasteiger partial charge in [0, 0.05) is 23.4 Å². The zero-order valence-electron chi connectivity index (χ0n) is 15.6. The maximum absolute atomic E-state index is 13.1. The molecule has 3 rings (SSSR count). The van der Waals surface area contributed by atoms with Crippen molar-refractivity contribution in [3.05, 3.63) is 45.1 Å². The molecule has 0 amide bonds. The summed E-state index contributed by atoms with van der Waals surface area (Å²) in [6.07, 6.45) is 0. The summed E-state index contributed by atoms with van der Waals surface area (Å²) in [5, 5.41) is 21.1. The fraction of sp³-hybridized carbons (Fsp3) is 0.333. The quantitative estimate of drug-likeness (QED) is 0.445. The van der Waals surface area contributed by atoms with Crippen LogP contribution in [0.15, 0.2) is 22.7 Å². The van der Waals surface area contributed by atoms with Crippen LogP contribution in [0.2, 0.25) is 0 Å². The van der Waals surface area contributed by atoms with Gasteiger partial charge in [-0.25, -0.2) is 0 Å². The summed E-state index contributed by atoms with van der Waals surface area (Å²) < 4.78 is 6.21. The minimum atomic E-state index is -0.119. The largest absolute Gasteiger partial charge is 0.491 e. The second-order valence-corrected chi connectivity index (χ2v) is 7.02. The fourth-order valence-electron chi connectivity index (χ4n) is 2.91. The van der Waals surface area contributed by atoms with Crippen LogP contribution in [0.4, 0.5) is 0 Å². The number of H-pyrrole nitrogens is 1. The first-order valence-corrected chi connectivity index (χ1v) is 9.50. The summed E-state index contributed by atoms with van der Waals surface area (Å²) >= 11 is 3.44. The maximum Gasteiger partial charge on any atom is 0.221 e. The van der Waals surface area contributed by atoms with E-state index in [-0.39, 0.29) is 18.9 Å². The molecule has 0 unspecified atom stereocenters. The first kappa shape index (κ1) is 20.2. The van der Waals surface area contributed by atoms with Gasteiger partial charge in [-0.05, 0) is 58.8 Å². The summed E-state index contributed by atoms with van der Waals surface area (Å²) in [6, 6.07) is 5.20. The standard InChI is InChI=1S/C18H21BrN6O3/c1-10-15(11(2)21-16(10)18-22-24-25(23-18)6-7-26)17(27)12-3-4-14(13(19)9-12)28-8-5-20/h3-4,9,21,26H,5-8,20H2,1-2H3. The van der Waals surface area contributed by atoms with Crippen LogP contribution in [0, 0.1) is 13.8 Å². The Bertz CT molecular complexity index is 997. The SMILES string of the molecule is Cc1[nH]c(-c2nnn(CCO)n2)c(C)c1C(=O)c1ccc(OCCN)c(Br)c1. The van der Waals surface area contributed by atoms with Crippen LogP contribution in [0.25, 0.3) is 11.5 Å². The number of benzene rings is 1. The number of aliphatic hydroxyl groups excluding tert-OH is 1. The van der Waals surface area contributed by atoms with Gasteiger partial charge in [0.2, 0.25) is 5.82 Å². The number of aryl methyl sites for hydroxylation is 1. The van der Waals surface area contributed by atoms with E-state index in [1.807, 2.05) is 13.8 Å². The van der Waals surface area contributed by atoms with E-state index >= 15 is 0 Å². The number of carbonyl (C=O) groups is 1. The summed E-state index contributed by atoms with van der Waals surface area (Å²) in [7, 11) is 0. The summed E-state index contributed by atoms with van der Waals surface area (Å²) in [6.45, 7) is 4.65. The van der Waals surface area contributed by atoms with E-state index in [0.717, 1.165) is 11.3 Å². The molecular weight excluding hydrogens is 428 g/mol. The van der Waals surface area contributed by atoms with Gasteiger partial charge in [-0.1, -0.05) is 0 Å². The third kappa shape index (κ3) is 3.98. The molecule has 0 aliphatic carbocycles. The van der Waals surface area contributed by atoms with Crippen molar-refractivity contribution in [2.75, 3.05) is 19.8 Å². The second kappa shape index (κ2) is 8.63.